The molecule has 1 unspecified atom stereocenters. The zero-order valence-electron chi connectivity index (χ0n) is 10.2. The number of hydrogen-bond acceptors (Lipinski definition) is 2. The van der Waals surface area contributed by atoms with Crippen molar-refractivity contribution in [3.8, 4) is 5.75 Å². The van der Waals surface area contributed by atoms with Crippen molar-refractivity contribution >= 4 is 15.9 Å². The van der Waals surface area contributed by atoms with E-state index in [-0.39, 0.29) is 0 Å². The molecule has 0 bridgehead atoms. The molecular weight excluding hydrogens is 266 g/mol. The van der Waals surface area contributed by atoms with Crippen molar-refractivity contribution < 1.29 is 4.74 Å². The van der Waals surface area contributed by atoms with Gasteiger partial charge in [-0.2, -0.15) is 0 Å². The lowest BCUT2D eigenvalue weighted by molar-refractivity contribution is 0.406. The van der Waals surface area contributed by atoms with Gasteiger partial charge in [-0.25, -0.2) is 0 Å². The minimum atomic E-state index is 0.689. The molecule has 0 aliphatic heterocycles. The van der Waals surface area contributed by atoms with Crippen molar-refractivity contribution in [2.45, 2.75) is 19.8 Å². The predicted molar refractivity (Wildman–Crippen MR) is 72.1 cm³/mol. The zero-order chi connectivity index (χ0) is 12.0. The number of hydrogen-bond donors (Lipinski definition) is 1. The normalized spacial score (nSPS) is 12.5. The molecule has 3 heteroatoms. The Morgan fingerprint density at radius 2 is 2.19 bits per heavy atom. The van der Waals surface area contributed by atoms with E-state index in [0.717, 1.165) is 23.2 Å². The van der Waals surface area contributed by atoms with Gasteiger partial charge in [-0.1, -0.05) is 22.9 Å². The van der Waals surface area contributed by atoms with E-state index in [4.69, 9.17) is 4.74 Å². The first-order valence-corrected chi connectivity index (χ1v) is 6.43. The maximum absolute atomic E-state index is 5.36. The topological polar surface area (TPSA) is 21.3 Å². The number of aryl methyl sites for hydroxylation is 1. The highest BCUT2D eigenvalue weighted by atomic mass is 79.9. The fourth-order valence-electron chi connectivity index (χ4n) is 1.79. The highest BCUT2D eigenvalue weighted by Crippen LogP contribution is 2.25. The second kappa shape index (κ2) is 6.92. The van der Waals surface area contributed by atoms with Crippen LogP contribution in [-0.2, 0) is 6.42 Å². The lowest BCUT2D eigenvalue weighted by atomic mass is 10.0. The SMILES string of the molecule is CNCC(C)CCc1cc(Br)ccc1OC. The molecule has 1 aromatic carbocycles. The first-order chi connectivity index (χ1) is 7.67. The highest BCUT2D eigenvalue weighted by Gasteiger charge is 2.06. The van der Waals surface area contributed by atoms with E-state index in [2.05, 4.69) is 34.2 Å². The van der Waals surface area contributed by atoms with E-state index in [1.807, 2.05) is 19.2 Å². The van der Waals surface area contributed by atoms with Gasteiger partial charge < -0.3 is 10.1 Å². The largest absolute Gasteiger partial charge is 0.496 e. The van der Waals surface area contributed by atoms with Crippen LogP contribution in [0.25, 0.3) is 0 Å². The van der Waals surface area contributed by atoms with E-state index in [1.54, 1.807) is 7.11 Å². The van der Waals surface area contributed by atoms with Gasteiger partial charge >= 0.3 is 0 Å². The molecule has 0 saturated heterocycles. The van der Waals surface area contributed by atoms with Crippen molar-refractivity contribution in [2.24, 2.45) is 5.92 Å². The average molecular weight is 286 g/mol. The van der Waals surface area contributed by atoms with Gasteiger partial charge in [0.05, 0.1) is 7.11 Å². The second-order valence-electron chi connectivity index (χ2n) is 4.16. The molecule has 90 valence electrons. The molecule has 0 heterocycles. The van der Waals surface area contributed by atoms with Crippen LogP contribution in [0.5, 0.6) is 5.75 Å². The van der Waals surface area contributed by atoms with Crippen molar-refractivity contribution in [3.05, 3.63) is 28.2 Å². The smallest absolute Gasteiger partial charge is 0.122 e. The number of nitrogens with one attached hydrogen (secondary N) is 1. The molecular formula is C13H20BrNO. The van der Waals surface area contributed by atoms with Crippen LogP contribution in [0.15, 0.2) is 22.7 Å². The third-order valence-electron chi connectivity index (χ3n) is 2.70. The van der Waals surface area contributed by atoms with Crippen LogP contribution in [0.3, 0.4) is 0 Å². The summed E-state index contributed by atoms with van der Waals surface area (Å²) in [5, 5.41) is 3.20. The Hall–Kier alpha value is -0.540. The summed E-state index contributed by atoms with van der Waals surface area (Å²) < 4.78 is 6.47. The van der Waals surface area contributed by atoms with E-state index in [0.29, 0.717) is 5.92 Å². The molecule has 0 spiro atoms. The summed E-state index contributed by atoms with van der Waals surface area (Å²) in [6, 6.07) is 6.17. The molecule has 0 radical (unpaired) electrons. The Morgan fingerprint density at radius 3 is 2.81 bits per heavy atom. The molecule has 1 N–H and O–H groups in total. The van der Waals surface area contributed by atoms with Crippen molar-refractivity contribution in [3.63, 3.8) is 0 Å². The highest BCUT2D eigenvalue weighted by molar-refractivity contribution is 9.10. The summed E-state index contributed by atoms with van der Waals surface area (Å²) >= 11 is 3.50. The fraction of sp³-hybridized carbons (Fsp3) is 0.538. The molecule has 0 saturated carbocycles. The second-order valence-corrected chi connectivity index (χ2v) is 5.07. The molecule has 1 rings (SSSR count). The van der Waals surface area contributed by atoms with Gasteiger partial charge in [-0.15, -0.1) is 0 Å². The minimum absolute atomic E-state index is 0.689. The fourth-order valence-corrected chi connectivity index (χ4v) is 2.20. The van der Waals surface area contributed by atoms with Crippen LogP contribution >= 0.6 is 15.9 Å². The lowest BCUT2D eigenvalue weighted by Gasteiger charge is -2.13. The van der Waals surface area contributed by atoms with Crippen molar-refractivity contribution in [1.29, 1.82) is 0 Å². The average Bonchev–Trinajstić information content (AvgIpc) is 2.27. The Kier molecular flexibility index (Phi) is 5.85. The Bertz CT molecular complexity index is 328. The van der Waals surface area contributed by atoms with Crippen molar-refractivity contribution in [1.82, 2.24) is 5.32 Å². The first-order valence-electron chi connectivity index (χ1n) is 5.64. The van der Waals surface area contributed by atoms with E-state index >= 15 is 0 Å². The molecule has 1 atom stereocenters. The van der Waals surface area contributed by atoms with Crippen LogP contribution in [-0.4, -0.2) is 20.7 Å². The van der Waals surface area contributed by atoms with Gasteiger partial charge in [0.15, 0.2) is 0 Å². The van der Waals surface area contributed by atoms with Crippen molar-refractivity contribution in [2.75, 3.05) is 20.7 Å². The first kappa shape index (κ1) is 13.5. The molecule has 0 aromatic heterocycles. The monoisotopic (exact) mass is 285 g/mol. The molecule has 1 aromatic rings. The zero-order valence-corrected chi connectivity index (χ0v) is 11.8. The minimum Gasteiger partial charge on any atom is -0.496 e. The van der Waals surface area contributed by atoms with Crippen LogP contribution in [0.1, 0.15) is 18.9 Å². The maximum Gasteiger partial charge on any atom is 0.122 e. The van der Waals surface area contributed by atoms with Gasteiger partial charge in [0.25, 0.3) is 0 Å². The van der Waals surface area contributed by atoms with Crippen LogP contribution in [0.4, 0.5) is 0 Å². The number of methoxy groups -OCH3 is 1. The maximum atomic E-state index is 5.36. The van der Waals surface area contributed by atoms with E-state index in [1.165, 1.54) is 12.0 Å². The van der Waals surface area contributed by atoms with E-state index in [9.17, 15) is 0 Å². The third kappa shape index (κ3) is 4.14. The molecule has 16 heavy (non-hydrogen) atoms. The van der Waals surface area contributed by atoms with Gasteiger partial charge in [-0.05, 0) is 56.1 Å². The molecule has 2 nitrogen and oxygen atoms in total. The summed E-state index contributed by atoms with van der Waals surface area (Å²) in [4.78, 5) is 0. The lowest BCUT2D eigenvalue weighted by Crippen LogP contribution is -2.16. The predicted octanol–water partition coefficient (Wildman–Crippen LogP) is 3.25. The van der Waals surface area contributed by atoms with Crippen LogP contribution < -0.4 is 10.1 Å². The molecule has 0 aliphatic rings. The summed E-state index contributed by atoms with van der Waals surface area (Å²) in [6.07, 6.45) is 2.24. The number of rotatable bonds is 6. The summed E-state index contributed by atoms with van der Waals surface area (Å²) in [7, 11) is 3.72. The quantitative estimate of drug-likeness (QED) is 0.866. The molecule has 0 aliphatic carbocycles. The van der Waals surface area contributed by atoms with Gasteiger partial charge in [0.1, 0.15) is 5.75 Å². The number of benzene rings is 1. The molecule has 0 amide bonds. The Labute approximate surface area is 107 Å². The summed E-state index contributed by atoms with van der Waals surface area (Å²) in [6.45, 7) is 3.33. The summed E-state index contributed by atoms with van der Waals surface area (Å²) in [5.74, 6) is 1.67. The standard InChI is InChI=1S/C13H20BrNO/c1-10(9-15-2)4-5-11-8-12(14)6-7-13(11)16-3/h6-8,10,15H,4-5,9H2,1-3H3. The Morgan fingerprint density at radius 1 is 1.44 bits per heavy atom. The van der Waals surface area contributed by atoms with Gasteiger partial charge in [0, 0.05) is 4.47 Å². The summed E-state index contributed by atoms with van der Waals surface area (Å²) in [5.41, 5.74) is 1.28. The van der Waals surface area contributed by atoms with E-state index < -0.39 is 0 Å². The third-order valence-corrected chi connectivity index (χ3v) is 3.19. The number of halogens is 1. The van der Waals surface area contributed by atoms with Crippen LogP contribution in [0.2, 0.25) is 0 Å². The number of ether oxygens (including phenoxy) is 1. The molecule has 0 fully saturated rings. The van der Waals surface area contributed by atoms with Gasteiger partial charge in [-0.3, -0.25) is 0 Å². The van der Waals surface area contributed by atoms with Crippen LogP contribution in [0, 0.1) is 5.92 Å². The Balaban J connectivity index is 2.61. The van der Waals surface area contributed by atoms with Gasteiger partial charge in [0.2, 0.25) is 0 Å².